The van der Waals surface area contributed by atoms with Crippen LogP contribution in [-0.2, 0) is 23.8 Å². The molecule has 0 aromatic rings. The highest BCUT2D eigenvalue weighted by Crippen LogP contribution is 2.19. The maximum Gasteiger partial charge on any atom is 0.420 e. The maximum absolute atomic E-state index is 12.4. The number of ketones is 1. The SMILES string of the molecule is COC(=O)[C@H](CC(=O)CO)N(C(=O)OC(C)(C)C)C(=O)OC(C)(C)C. The molecule has 0 rings (SSSR count). The van der Waals surface area contributed by atoms with E-state index in [1.54, 1.807) is 41.5 Å². The summed E-state index contributed by atoms with van der Waals surface area (Å²) >= 11 is 0. The first-order valence-electron chi connectivity index (χ1n) is 7.67. The first-order chi connectivity index (χ1) is 11.2. The molecule has 0 spiro atoms. The van der Waals surface area contributed by atoms with Gasteiger partial charge < -0.3 is 19.3 Å². The predicted molar refractivity (Wildman–Crippen MR) is 86.8 cm³/mol. The summed E-state index contributed by atoms with van der Waals surface area (Å²) in [6.07, 6.45) is -2.95. The lowest BCUT2D eigenvalue weighted by molar-refractivity contribution is -0.148. The fourth-order valence-electron chi connectivity index (χ4n) is 1.65. The molecule has 0 saturated carbocycles. The van der Waals surface area contributed by atoms with Crippen molar-refractivity contribution in [3.8, 4) is 0 Å². The van der Waals surface area contributed by atoms with E-state index < -0.39 is 54.2 Å². The summed E-state index contributed by atoms with van der Waals surface area (Å²) in [7, 11) is 1.04. The normalized spacial score (nSPS) is 12.8. The third-order valence-electron chi connectivity index (χ3n) is 2.56. The summed E-state index contributed by atoms with van der Waals surface area (Å²) in [5, 5.41) is 8.92. The zero-order valence-corrected chi connectivity index (χ0v) is 15.7. The minimum absolute atomic E-state index is 0.399. The molecule has 1 N–H and O–H groups in total. The number of methoxy groups -OCH3 is 1. The molecule has 0 aliphatic heterocycles. The highest BCUT2D eigenvalue weighted by molar-refractivity contribution is 5.96. The third kappa shape index (κ3) is 8.48. The Bertz CT molecular complexity index is 487. The number of hydrogen-bond acceptors (Lipinski definition) is 8. The van der Waals surface area contributed by atoms with Gasteiger partial charge in [0.25, 0.3) is 0 Å². The van der Waals surface area contributed by atoms with Gasteiger partial charge in [-0.25, -0.2) is 14.4 Å². The summed E-state index contributed by atoms with van der Waals surface area (Å²) in [4.78, 5) is 48.9. The number of hydrogen-bond donors (Lipinski definition) is 1. The van der Waals surface area contributed by atoms with E-state index in [-0.39, 0.29) is 0 Å². The Morgan fingerprint density at radius 3 is 1.60 bits per heavy atom. The van der Waals surface area contributed by atoms with Crippen LogP contribution in [0.1, 0.15) is 48.0 Å². The summed E-state index contributed by atoms with van der Waals surface area (Å²) in [5.41, 5.74) is -1.92. The van der Waals surface area contributed by atoms with Crippen molar-refractivity contribution < 1.29 is 38.5 Å². The van der Waals surface area contributed by atoms with Crippen molar-refractivity contribution in [2.75, 3.05) is 13.7 Å². The Hall–Kier alpha value is -2.16. The van der Waals surface area contributed by atoms with E-state index in [2.05, 4.69) is 4.74 Å². The van der Waals surface area contributed by atoms with Gasteiger partial charge in [0.05, 0.1) is 7.11 Å². The van der Waals surface area contributed by atoms with Crippen molar-refractivity contribution in [2.24, 2.45) is 0 Å². The molecule has 0 radical (unpaired) electrons. The number of aliphatic hydroxyl groups is 1. The standard InChI is InChI=1S/C16H27NO8/c1-15(2,3)24-13(21)17(14(22)25-16(4,5)6)11(12(20)23-7)8-10(19)9-18/h11,18H,8-9H2,1-7H3/t11-/m0/s1. The van der Waals surface area contributed by atoms with Crippen molar-refractivity contribution >= 4 is 23.9 Å². The molecule has 9 heteroatoms. The van der Waals surface area contributed by atoms with Crippen LogP contribution in [0.4, 0.5) is 9.59 Å². The second kappa shape index (κ2) is 8.80. The number of rotatable bonds is 5. The van der Waals surface area contributed by atoms with Crippen LogP contribution in [0.15, 0.2) is 0 Å². The van der Waals surface area contributed by atoms with Gasteiger partial charge in [0.15, 0.2) is 11.8 Å². The van der Waals surface area contributed by atoms with Gasteiger partial charge >= 0.3 is 18.2 Å². The van der Waals surface area contributed by atoms with E-state index in [1.165, 1.54) is 0 Å². The first kappa shape index (κ1) is 22.8. The quantitative estimate of drug-likeness (QED) is 0.580. The van der Waals surface area contributed by atoms with Crippen molar-refractivity contribution in [3.05, 3.63) is 0 Å². The van der Waals surface area contributed by atoms with Gasteiger partial charge in [0.1, 0.15) is 17.8 Å². The van der Waals surface area contributed by atoms with Crippen LogP contribution in [-0.4, -0.2) is 64.9 Å². The highest BCUT2D eigenvalue weighted by atomic mass is 16.6. The summed E-state index contributed by atoms with van der Waals surface area (Å²) in [5.74, 6) is -1.77. The van der Waals surface area contributed by atoms with Crippen LogP contribution in [0.2, 0.25) is 0 Å². The van der Waals surface area contributed by atoms with Gasteiger partial charge in [-0.1, -0.05) is 0 Å². The molecule has 9 nitrogen and oxygen atoms in total. The summed E-state index contributed by atoms with van der Waals surface area (Å²) < 4.78 is 14.8. The van der Waals surface area contributed by atoms with Crippen LogP contribution in [0.25, 0.3) is 0 Å². The van der Waals surface area contributed by atoms with E-state index in [0.717, 1.165) is 7.11 Å². The van der Waals surface area contributed by atoms with Crippen molar-refractivity contribution in [3.63, 3.8) is 0 Å². The molecule has 0 saturated heterocycles. The molecule has 0 aromatic heterocycles. The van der Waals surface area contributed by atoms with Gasteiger partial charge in [0, 0.05) is 6.42 Å². The van der Waals surface area contributed by atoms with Gasteiger partial charge in [-0.3, -0.25) is 4.79 Å². The van der Waals surface area contributed by atoms with Gasteiger partial charge in [-0.15, -0.1) is 0 Å². The Morgan fingerprint density at radius 2 is 1.32 bits per heavy atom. The average Bonchev–Trinajstić information content (AvgIpc) is 2.41. The second-order valence-corrected chi connectivity index (χ2v) is 7.27. The molecule has 0 aromatic carbocycles. The Balaban J connectivity index is 5.84. The summed E-state index contributed by atoms with van der Waals surface area (Å²) in [6.45, 7) is 8.58. The van der Waals surface area contributed by atoms with Gasteiger partial charge in [-0.05, 0) is 41.5 Å². The third-order valence-corrected chi connectivity index (χ3v) is 2.56. The lowest BCUT2D eigenvalue weighted by Crippen LogP contribution is -2.53. The molecule has 0 aliphatic carbocycles. The largest absolute Gasteiger partial charge is 0.467 e. The van der Waals surface area contributed by atoms with Crippen molar-refractivity contribution in [2.45, 2.75) is 65.2 Å². The maximum atomic E-state index is 12.4. The molecular formula is C16H27NO8. The molecule has 2 amide bonds. The number of esters is 1. The smallest absolute Gasteiger partial charge is 0.420 e. The monoisotopic (exact) mass is 361 g/mol. The Kier molecular flexibility index (Phi) is 8.04. The first-order valence-corrected chi connectivity index (χ1v) is 7.67. The fraction of sp³-hybridized carbons (Fsp3) is 0.750. The Labute approximate surface area is 147 Å². The van der Waals surface area contributed by atoms with E-state index in [1.807, 2.05) is 0 Å². The molecular weight excluding hydrogens is 334 g/mol. The zero-order chi connectivity index (χ0) is 20.0. The molecule has 0 aliphatic rings. The van der Waals surface area contributed by atoms with E-state index >= 15 is 0 Å². The highest BCUT2D eigenvalue weighted by Gasteiger charge is 2.41. The predicted octanol–water partition coefficient (Wildman–Crippen LogP) is 1.65. The number of amides is 2. The average molecular weight is 361 g/mol. The number of imide groups is 1. The van der Waals surface area contributed by atoms with Crippen molar-refractivity contribution in [1.29, 1.82) is 0 Å². The molecule has 144 valence electrons. The molecule has 0 heterocycles. The molecule has 25 heavy (non-hydrogen) atoms. The van der Waals surface area contributed by atoms with Crippen LogP contribution >= 0.6 is 0 Å². The number of Topliss-reactive ketones (excluding diaryl/α,β-unsaturated/α-hetero) is 1. The number of ether oxygens (including phenoxy) is 3. The van der Waals surface area contributed by atoms with Crippen LogP contribution < -0.4 is 0 Å². The van der Waals surface area contributed by atoms with Gasteiger partial charge in [0.2, 0.25) is 0 Å². The topological polar surface area (TPSA) is 119 Å². The molecule has 1 atom stereocenters. The minimum Gasteiger partial charge on any atom is -0.467 e. The number of aliphatic hydroxyl groups excluding tert-OH is 1. The van der Waals surface area contributed by atoms with E-state index in [4.69, 9.17) is 14.6 Å². The summed E-state index contributed by atoms with van der Waals surface area (Å²) in [6, 6.07) is -1.62. The Morgan fingerprint density at radius 1 is 0.920 bits per heavy atom. The van der Waals surface area contributed by atoms with Crippen LogP contribution in [0, 0.1) is 0 Å². The lowest BCUT2D eigenvalue weighted by atomic mass is 10.1. The fourth-order valence-corrected chi connectivity index (χ4v) is 1.65. The number of carbonyl (C=O) groups excluding carboxylic acids is 4. The molecule has 0 unspecified atom stereocenters. The van der Waals surface area contributed by atoms with Gasteiger partial charge in [-0.2, -0.15) is 4.90 Å². The van der Waals surface area contributed by atoms with E-state index in [9.17, 15) is 19.2 Å². The number of nitrogens with zero attached hydrogens (tertiary/aromatic N) is 1. The minimum atomic E-state index is -1.62. The van der Waals surface area contributed by atoms with Crippen molar-refractivity contribution in [1.82, 2.24) is 4.90 Å². The van der Waals surface area contributed by atoms with Crippen LogP contribution in [0.3, 0.4) is 0 Å². The molecule has 0 fully saturated rings. The van der Waals surface area contributed by atoms with E-state index in [0.29, 0.717) is 4.90 Å². The van der Waals surface area contributed by atoms with Crippen LogP contribution in [0.5, 0.6) is 0 Å². The number of carbonyl (C=O) groups is 4. The zero-order valence-electron chi connectivity index (χ0n) is 15.7. The lowest BCUT2D eigenvalue weighted by Gasteiger charge is -2.31. The molecule has 0 bridgehead atoms. The second-order valence-electron chi connectivity index (χ2n) is 7.27.